The van der Waals surface area contributed by atoms with Crippen LogP contribution in [0.2, 0.25) is 0 Å². The van der Waals surface area contributed by atoms with Crippen molar-refractivity contribution >= 4 is 17.4 Å². The number of hydrogen-bond donors (Lipinski definition) is 2. The van der Waals surface area contributed by atoms with E-state index in [1.165, 1.54) is 0 Å². The molecule has 0 atom stereocenters. The van der Waals surface area contributed by atoms with E-state index >= 15 is 0 Å². The fourth-order valence-corrected chi connectivity index (χ4v) is 1.83. The third kappa shape index (κ3) is 5.22. The van der Waals surface area contributed by atoms with Crippen molar-refractivity contribution in [3.05, 3.63) is 48.4 Å². The van der Waals surface area contributed by atoms with E-state index in [9.17, 15) is 4.79 Å². The Balaban J connectivity index is 1.86. The van der Waals surface area contributed by atoms with Gasteiger partial charge < -0.3 is 10.6 Å². The highest BCUT2D eigenvalue weighted by atomic mass is 16.1. The van der Waals surface area contributed by atoms with E-state index in [0.717, 1.165) is 11.4 Å². The molecule has 5 nitrogen and oxygen atoms in total. The third-order valence-corrected chi connectivity index (χ3v) is 2.82. The van der Waals surface area contributed by atoms with Crippen LogP contribution in [0.25, 0.3) is 0 Å². The van der Waals surface area contributed by atoms with Crippen LogP contribution in [0.1, 0.15) is 26.0 Å². The highest BCUT2D eigenvalue weighted by Crippen LogP contribution is 2.11. The van der Waals surface area contributed by atoms with E-state index < -0.39 is 0 Å². The van der Waals surface area contributed by atoms with Crippen molar-refractivity contribution in [1.82, 2.24) is 9.97 Å². The van der Waals surface area contributed by atoms with Crippen LogP contribution in [0.3, 0.4) is 0 Å². The van der Waals surface area contributed by atoms with Crippen LogP contribution >= 0.6 is 0 Å². The Kier molecular flexibility index (Phi) is 5.26. The van der Waals surface area contributed by atoms with E-state index in [-0.39, 0.29) is 5.91 Å². The van der Waals surface area contributed by atoms with Gasteiger partial charge in [0.2, 0.25) is 5.91 Å². The Morgan fingerprint density at radius 2 is 2.05 bits per heavy atom. The van der Waals surface area contributed by atoms with Crippen LogP contribution in [0.15, 0.2) is 42.7 Å². The molecule has 2 aromatic heterocycles. The Morgan fingerprint density at radius 1 is 1.19 bits per heavy atom. The van der Waals surface area contributed by atoms with Gasteiger partial charge in [-0.1, -0.05) is 19.9 Å². The molecule has 2 heterocycles. The first-order valence-corrected chi connectivity index (χ1v) is 7.03. The summed E-state index contributed by atoms with van der Waals surface area (Å²) in [5.74, 6) is 0.903. The van der Waals surface area contributed by atoms with Crippen LogP contribution in [0, 0.1) is 5.92 Å². The maximum atomic E-state index is 11.6. The van der Waals surface area contributed by atoms with E-state index in [2.05, 4.69) is 20.6 Å². The first kappa shape index (κ1) is 15.0. The number of amides is 1. The minimum absolute atomic E-state index is 0.00769. The van der Waals surface area contributed by atoms with Gasteiger partial charge in [0, 0.05) is 12.6 Å². The highest BCUT2D eigenvalue weighted by molar-refractivity contribution is 5.89. The van der Waals surface area contributed by atoms with Crippen molar-refractivity contribution in [3.63, 3.8) is 0 Å². The van der Waals surface area contributed by atoms with Gasteiger partial charge in [0.1, 0.15) is 5.82 Å². The molecule has 0 spiro atoms. The Bertz CT molecular complexity index is 567. The van der Waals surface area contributed by atoms with Gasteiger partial charge in [-0.2, -0.15) is 0 Å². The number of nitrogens with one attached hydrogen (secondary N) is 2. The second-order valence-electron chi connectivity index (χ2n) is 5.25. The molecule has 0 bridgehead atoms. The lowest BCUT2D eigenvalue weighted by Gasteiger charge is -2.08. The van der Waals surface area contributed by atoms with Gasteiger partial charge in [-0.3, -0.25) is 9.78 Å². The number of hydrogen-bond acceptors (Lipinski definition) is 4. The highest BCUT2D eigenvalue weighted by Gasteiger charge is 2.05. The molecule has 0 saturated heterocycles. The summed E-state index contributed by atoms with van der Waals surface area (Å²) in [5, 5.41) is 6.02. The summed E-state index contributed by atoms with van der Waals surface area (Å²) in [4.78, 5) is 20.1. The van der Waals surface area contributed by atoms with Crippen molar-refractivity contribution < 1.29 is 4.79 Å². The molecule has 1 amide bonds. The minimum atomic E-state index is -0.00769. The van der Waals surface area contributed by atoms with E-state index in [1.54, 1.807) is 18.5 Å². The van der Waals surface area contributed by atoms with Gasteiger partial charge in [0.05, 0.1) is 24.1 Å². The number of anilines is 2. The van der Waals surface area contributed by atoms with Crippen molar-refractivity contribution in [2.45, 2.75) is 26.8 Å². The van der Waals surface area contributed by atoms with E-state index in [0.29, 0.717) is 24.7 Å². The summed E-state index contributed by atoms with van der Waals surface area (Å²) in [7, 11) is 0. The van der Waals surface area contributed by atoms with Gasteiger partial charge in [-0.05, 0) is 30.2 Å². The summed E-state index contributed by atoms with van der Waals surface area (Å²) in [6, 6.07) is 9.48. The van der Waals surface area contributed by atoms with E-state index in [4.69, 9.17) is 0 Å². The second kappa shape index (κ2) is 7.38. The zero-order valence-electron chi connectivity index (χ0n) is 12.3. The molecular formula is C16H20N4O. The molecule has 0 aliphatic rings. The zero-order valence-corrected chi connectivity index (χ0v) is 12.3. The van der Waals surface area contributed by atoms with E-state index in [1.807, 2.05) is 38.1 Å². The normalized spacial score (nSPS) is 10.4. The number of rotatable bonds is 6. The fraction of sp³-hybridized carbons (Fsp3) is 0.312. The van der Waals surface area contributed by atoms with Crippen LogP contribution in [0.5, 0.6) is 0 Å². The minimum Gasteiger partial charge on any atom is -0.378 e. The molecule has 0 aliphatic heterocycles. The topological polar surface area (TPSA) is 66.9 Å². The lowest BCUT2D eigenvalue weighted by atomic mass is 10.1. The van der Waals surface area contributed by atoms with Gasteiger partial charge >= 0.3 is 0 Å². The molecule has 0 radical (unpaired) electrons. The molecule has 0 unspecified atom stereocenters. The van der Waals surface area contributed by atoms with Crippen molar-refractivity contribution in [2.75, 3.05) is 10.6 Å². The number of carbonyl (C=O) groups is 1. The number of carbonyl (C=O) groups excluding carboxylic acids is 1. The number of nitrogens with zero attached hydrogens (tertiary/aromatic N) is 2. The van der Waals surface area contributed by atoms with Gasteiger partial charge in [0.15, 0.2) is 0 Å². The van der Waals surface area contributed by atoms with Crippen LogP contribution in [-0.2, 0) is 11.3 Å². The average Bonchev–Trinajstić information content (AvgIpc) is 2.47. The second-order valence-corrected chi connectivity index (χ2v) is 5.25. The predicted molar refractivity (Wildman–Crippen MR) is 83.9 cm³/mol. The quantitative estimate of drug-likeness (QED) is 0.855. The van der Waals surface area contributed by atoms with Crippen LogP contribution < -0.4 is 10.6 Å². The first-order chi connectivity index (χ1) is 10.1. The smallest absolute Gasteiger partial charge is 0.225 e. The molecular weight excluding hydrogens is 264 g/mol. The Morgan fingerprint density at radius 3 is 2.67 bits per heavy atom. The van der Waals surface area contributed by atoms with Crippen LogP contribution in [0.4, 0.5) is 11.5 Å². The molecule has 0 saturated carbocycles. The summed E-state index contributed by atoms with van der Waals surface area (Å²) in [5.41, 5.74) is 1.86. The van der Waals surface area contributed by atoms with Gasteiger partial charge in [-0.25, -0.2) is 4.98 Å². The summed E-state index contributed by atoms with van der Waals surface area (Å²) >= 11 is 0. The molecule has 5 heteroatoms. The van der Waals surface area contributed by atoms with Crippen LogP contribution in [-0.4, -0.2) is 15.9 Å². The molecule has 2 aromatic rings. The summed E-state index contributed by atoms with van der Waals surface area (Å²) < 4.78 is 0. The third-order valence-electron chi connectivity index (χ3n) is 2.82. The van der Waals surface area contributed by atoms with Crippen molar-refractivity contribution in [1.29, 1.82) is 0 Å². The summed E-state index contributed by atoms with van der Waals surface area (Å²) in [6.07, 6.45) is 3.97. The molecule has 110 valence electrons. The van der Waals surface area contributed by atoms with Gasteiger partial charge in [-0.15, -0.1) is 0 Å². The number of pyridine rings is 2. The average molecular weight is 284 g/mol. The van der Waals surface area contributed by atoms with Crippen molar-refractivity contribution in [2.24, 2.45) is 5.92 Å². The summed E-state index contributed by atoms with van der Waals surface area (Å²) in [6.45, 7) is 4.66. The molecule has 2 rings (SSSR count). The molecule has 21 heavy (non-hydrogen) atoms. The Labute approximate surface area is 124 Å². The predicted octanol–water partition coefficient (Wildman–Crippen LogP) is 3.07. The standard InChI is InChI=1S/C16H20N4O/c1-12(2)9-16(21)20-15-7-6-14(11-19-15)18-10-13-5-3-4-8-17-13/h3-8,11-12,18H,9-10H2,1-2H3,(H,19,20,21). The largest absolute Gasteiger partial charge is 0.378 e. The van der Waals surface area contributed by atoms with Gasteiger partial charge in [0.25, 0.3) is 0 Å². The monoisotopic (exact) mass is 284 g/mol. The molecule has 0 fully saturated rings. The fourth-order valence-electron chi connectivity index (χ4n) is 1.83. The Hall–Kier alpha value is -2.43. The lowest BCUT2D eigenvalue weighted by Crippen LogP contribution is -2.14. The first-order valence-electron chi connectivity index (χ1n) is 7.03. The molecule has 0 aromatic carbocycles. The zero-order chi connectivity index (χ0) is 15.1. The molecule has 0 aliphatic carbocycles. The lowest BCUT2D eigenvalue weighted by molar-refractivity contribution is -0.116. The maximum Gasteiger partial charge on any atom is 0.225 e. The molecule has 2 N–H and O–H groups in total. The maximum absolute atomic E-state index is 11.6. The van der Waals surface area contributed by atoms with Crippen molar-refractivity contribution in [3.8, 4) is 0 Å². The number of aromatic nitrogens is 2. The SMILES string of the molecule is CC(C)CC(=O)Nc1ccc(NCc2ccccn2)cn1.